The van der Waals surface area contributed by atoms with Gasteiger partial charge in [-0.15, -0.1) is 0 Å². The predicted molar refractivity (Wildman–Crippen MR) is 73.1 cm³/mol. The molecule has 0 spiro atoms. The van der Waals surface area contributed by atoms with Crippen LogP contribution in [0.3, 0.4) is 0 Å². The molecule has 3 rings (SSSR count). The van der Waals surface area contributed by atoms with Crippen LogP contribution in [-0.2, 0) is 6.42 Å². The Bertz CT molecular complexity index is 698. The number of hydrogen-bond donors (Lipinski definition) is 1. The quantitative estimate of drug-likeness (QED) is 0.679. The minimum absolute atomic E-state index is 0.0630. The van der Waals surface area contributed by atoms with Gasteiger partial charge in [-0.05, 0) is 42.1 Å². The molecule has 1 aromatic carbocycles. The van der Waals surface area contributed by atoms with Crippen LogP contribution >= 0.6 is 11.6 Å². The smallest absolute Gasteiger partial charge is 0.224 e. The summed E-state index contributed by atoms with van der Waals surface area (Å²) in [6.07, 6.45) is 1.28. The zero-order valence-electron chi connectivity index (χ0n) is 11.1. The van der Waals surface area contributed by atoms with Crippen LogP contribution in [0.4, 0.5) is 19.0 Å². The zero-order valence-corrected chi connectivity index (χ0v) is 11.8. The first-order valence-electron chi connectivity index (χ1n) is 6.39. The molecule has 1 N–H and O–H groups in total. The topological polar surface area (TPSA) is 37.8 Å². The Morgan fingerprint density at radius 2 is 1.86 bits per heavy atom. The molecule has 1 aliphatic rings. The van der Waals surface area contributed by atoms with E-state index in [2.05, 4.69) is 15.3 Å². The molecule has 7 heteroatoms. The number of fused-ring (bicyclic) bond motifs is 1. The normalized spacial score (nSPS) is 16.9. The van der Waals surface area contributed by atoms with Crippen LogP contribution in [0.1, 0.15) is 29.2 Å². The number of benzene rings is 1. The molecule has 1 aromatic heterocycles. The third-order valence-corrected chi connectivity index (χ3v) is 3.84. The molecule has 0 bridgehead atoms. The number of nitrogens with zero attached hydrogens (tertiary/aromatic N) is 2. The lowest BCUT2D eigenvalue weighted by atomic mass is 9.96. The summed E-state index contributed by atoms with van der Waals surface area (Å²) in [5, 5.41) is 2.99. The molecule has 0 radical (unpaired) electrons. The van der Waals surface area contributed by atoms with Crippen molar-refractivity contribution in [1.29, 1.82) is 0 Å². The van der Waals surface area contributed by atoms with E-state index in [9.17, 15) is 13.2 Å². The second kappa shape index (κ2) is 5.18. The number of aromatic nitrogens is 2. The van der Waals surface area contributed by atoms with E-state index in [0.29, 0.717) is 29.9 Å². The van der Waals surface area contributed by atoms with Crippen LogP contribution in [0.2, 0.25) is 5.28 Å². The largest absolute Gasteiger partial charge is 0.373 e. The Labute approximate surface area is 124 Å². The van der Waals surface area contributed by atoms with Crippen LogP contribution in [0.15, 0.2) is 12.1 Å². The first kappa shape index (κ1) is 14.1. The highest BCUT2D eigenvalue weighted by molar-refractivity contribution is 6.28. The zero-order chi connectivity index (χ0) is 15.1. The number of nitrogens with one attached hydrogen (secondary N) is 1. The third kappa shape index (κ3) is 2.33. The summed E-state index contributed by atoms with van der Waals surface area (Å²) in [7, 11) is 1.71. The van der Waals surface area contributed by atoms with Crippen LogP contribution in [-0.4, -0.2) is 17.0 Å². The molecule has 1 heterocycles. The first-order valence-corrected chi connectivity index (χ1v) is 6.77. The summed E-state index contributed by atoms with van der Waals surface area (Å²) in [5.41, 5.74) is 1.85. The maximum absolute atomic E-state index is 13.4. The summed E-state index contributed by atoms with van der Waals surface area (Å²) >= 11 is 5.88. The minimum atomic E-state index is -1.46. The molecule has 1 unspecified atom stereocenters. The van der Waals surface area contributed by atoms with Gasteiger partial charge in [0, 0.05) is 18.5 Å². The Morgan fingerprint density at radius 3 is 2.48 bits per heavy atom. The Morgan fingerprint density at radius 1 is 1.19 bits per heavy atom. The molecule has 2 aromatic rings. The van der Waals surface area contributed by atoms with Gasteiger partial charge in [0.25, 0.3) is 0 Å². The lowest BCUT2D eigenvalue weighted by Crippen LogP contribution is -2.05. The van der Waals surface area contributed by atoms with Gasteiger partial charge in [0.05, 0.1) is 5.69 Å². The lowest BCUT2D eigenvalue weighted by Gasteiger charge is -2.13. The number of rotatable bonds is 2. The van der Waals surface area contributed by atoms with E-state index in [1.54, 1.807) is 7.05 Å². The van der Waals surface area contributed by atoms with Crippen molar-refractivity contribution in [1.82, 2.24) is 9.97 Å². The van der Waals surface area contributed by atoms with Gasteiger partial charge < -0.3 is 5.32 Å². The predicted octanol–water partition coefficient (Wildman–Crippen LogP) is 3.67. The van der Waals surface area contributed by atoms with Crippen LogP contribution in [0.5, 0.6) is 0 Å². The fraction of sp³-hybridized carbons (Fsp3) is 0.286. The maximum Gasteiger partial charge on any atom is 0.224 e. The standard InChI is InChI=1S/C14H11ClF3N3/c1-19-13-8-3-2-7(12(8)20-14(15)21-13)6-4-9(16)11(18)10(17)5-6/h4-5,7H,2-3H2,1H3,(H,19,20,21). The molecule has 1 aliphatic carbocycles. The molecule has 0 aliphatic heterocycles. The molecular formula is C14H11ClF3N3. The highest BCUT2D eigenvalue weighted by Gasteiger charge is 2.30. The highest BCUT2D eigenvalue weighted by Crippen LogP contribution is 2.40. The monoisotopic (exact) mass is 313 g/mol. The average Bonchev–Trinajstić information content (AvgIpc) is 2.86. The molecule has 0 saturated carbocycles. The van der Waals surface area contributed by atoms with E-state index in [1.165, 1.54) is 0 Å². The Kier molecular flexibility index (Phi) is 3.49. The van der Waals surface area contributed by atoms with Gasteiger partial charge in [-0.1, -0.05) is 0 Å². The van der Waals surface area contributed by atoms with Crippen molar-refractivity contribution in [3.8, 4) is 0 Å². The van der Waals surface area contributed by atoms with E-state index < -0.39 is 17.5 Å². The van der Waals surface area contributed by atoms with Gasteiger partial charge in [-0.2, -0.15) is 0 Å². The summed E-state index contributed by atoms with van der Waals surface area (Å²) < 4.78 is 39.9. The molecule has 1 atom stereocenters. The van der Waals surface area contributed by atoms with E-state index in [1.807, 2.05) is 0 Å². The number of halogens is 4. The summed E-state index contributed by atoms with van der Waals surface area (Å²) in [4.78, 5) is 8.25. The maximum atomic E-state index is 13.4. The minimum Gasteiger partial charge on any atom is -0.373 e. The van der Waals surface area contributed by atoms with Gasteiger partial charge in [0.1, 0.15) is 5.82 Å². The average molecular weight is 314 g/mol. The van der Waals surface area contributed by atoms with Gasteiger partial charge in [0.2, 0.25) is 5.28 Å². The number of anilines is 1. The highest BCUT2D eigenvalue weighted by atomic mass is 35.5. The van der Waals surface area contributed by atoms with Crippen LogP contribution in [0.25, 0.3) is 0 Å². The van der Waals surface area contributed by atoms with Crippen molar-refractivity contribution in [2.45, 2.75) is 18.8 Å². The van der Waals surface area contributed by atoms with E-state index in [-0.39, 0.29) is 11.2 Å². The van der Waals surface area contributed by atoms with Gasteiger partial charge >= 0.3 is 0 Å². The van der Waals surface area contributed by atoms with Gasteiger partial charge in [-0.25, -0.2) is 23.1 Å². The van der Waals surface area contributed by atoms with E-state index in [0.717, 1.165) is 17.7 Å². The summed E-state index contributed by atoms with van der Waals surface area (Å²) in [5.74, 6) is -3.58. The molecule has 110 valence electrons. The molecule has 0 amide bonds. The summed E-state index contributed by atoms with van der Waals surface area (Å²) in [6.45, 7) is 0. The molecule has 0 fully saturated rings. The Hall–Kier alpha value is -1.82. The van der Waals surface area contributed by atoms with Crippen molar-refractivity contribution < 1.29 is 13.2 Å². The van der Waals surface area contributed by atoms with Crippen LogP contribution < -0.4 is 5.32 Å². The van der Waals surface area contributed by atoms with Gasteiger partial charge in [-0.3, -0.25) is 0 Å². The van der Waals surface area contributed by atoms with E-state index in [4.69, 9.17) is 11.6 Å². The fourth-order valence-corrected chi connectivity index (χ4v) is 2.92. The molecule has 21 heavy (non-hydrogen) atoms. The lowest BCUT2D eigenvalue weighted by molar-refractivity contribution is 0.444. The second-order valence-electron chi connectivity index (χ2n) is 4.84. The van der Waals surface area contributed by atoms with Crippen LogP contribution in [0, 0.1) is 17.5 Å². The van der Waals surface area contributed by atoms with Gasteiger partial charge in [0.15, 0.2) is 17.5 Å². The summed E-state index contributed by atoms with van der Waals surface area (Å²) in [6, 6.07) is 2.01. The first-order chi connectivity index (χ1) is 10.0. The number of hydrogen-bond acceptors (Lipinski definition) is 3. The van der Waals surface area contributed by atoms with Crippen molar-refractivity contribution in [3.63, 3.8) is 0 Å². The van der Waals surface area contributed by atoms with Crippen molar-refractivity contribution in [2.24, 2.45) is 0 Å². The van der Waals surface area contributed by atoms with Crippen molar-refractivity contribution in [2.75, 3.05) is 12.4 Å². The van der Waals surface area contributed by atoms with Crippen molar-refractivity contribution >= 4 is 17.4 Å². The molecular weight excluding hydrogens is 303 g/mol. The second-order valence-corrected chi connectivity index (χ2v) is 5.18. The molecule has 3 nitrogen and oxygen atoms in total. The SMILES string of the molecule is CNc1nc(Cl)nc2c1CCC2c1cc(F)c(F)c(F)c1. The molecule has 0 saturated heterocycles. The third-order valence-electron chi connectivity index (χ3n) is 3.67. The van der Waals surface area contributed by atoms with E-state index >= 15 is 0 Å². The Balaban J connectivity index is 2.11. The van der Waals surface area contributed by atoms with Crippen molar-refractivity contribution in [3.05, 3.63) is 51.7 Å². The fourth-order valence-electron chi connectivity index (χ4n) is 2.74.